The summed E-state index contributed by atoms with van der Waals surface area (Å²) in [6.07, 6.45) is 0. The van der Waals surface area contributed by atoms with E-state index in [1.165, 1.54) is 11.1 Å². The molecule has 0 saturated carbocycles. The monoisotopic (exact) mass is 296 g/mol. The van der Waals surface area contributed by atoms with Crippen LogP contribution in [0, 0.1) is 6.92 Å². The summed E-state index contributed by atoms with van der Waals surface area (Å²) in [7, 11) is 0. The zero-order chi connectivity index (χ0) is 14.1. The van der Waals surface area contributed by atoms with Crippen LogP contribution in [0.15, 0.2) is 24.3 Å². The first-order valence-corrected chi connectivity index (χ1v) is 8.23. The zero-order valence-electron chi connectivity index (χ0n) is 12.1. The molecule has 0 spiro atoms. The van der Waals surface area contributed by atoms with Crippen molar-refractivity contribution >= 4 is 28.3 Å². The van der Waals surface area contributed by atoms with Crippen LogP contribution in [-0.2, 0) is 6.54 Å². The van der Waals surface area contributed by atoms with Crippen LogP contribution in [0.4, 0.5) is 0 Å². The van der Waals surface area contributed by atoms with E-state index in [-0.39, 0.29) is 0 Å². The Morgan fingerprint density at radius 2 is 1.84 bits per heavy atom. The number of hydrogen-bond donors (Lipinski definition) is 1. The van der Waals surface area contributed by atoms with Gasteiger partial charge in [0.15, 0.2) is 0 Å². The summed E-state index contributed by atoms with van der Waals surface area (Å²) in [6.45, 7) is 10.6. The van der Waals surface area contributed by atoms with Crippen molar-refractivity contribution in [1.82, 2.24) is 10.2 Å². The molecule has 0 aromatic heterocycles. The third-order valence-corrected chi connectivity index (χ3v) is 4.38. The molecule has 1 N–H and O–H groups in total. The summed E-state index contributed by atoms with van der Waals surface area (Å²) >= 11 is 7.07. The first-order valence-electron chi connectivity index (χ1n) is 6.84. The van der Waals surface area contributed by atoms with Crippen molar-refractivity contribution in [1.29, 1.82) is 0 Å². The van der Waals surface area contributed by atoms with E-state index in [9.17, 15) is 0 Å². The Labute approximate surface area is 127 Å². The molecular formula is C15H24N2S2. The van der Waals surface area contributed by atoms with E-state index in [0.29, 0.717) is 0 Å². The Balaban J connectivity index is 2.19. The maximum atomic E-state index is 5.34. The van der Waals surface area contributed by atoms with Crippen LogP contribution in [-0.4, -0.2) is 34.6 Å². The molecule has 0 atom stereocenters. The summed E-state index contributed by atoms with van der Waals surface area (Å²) in [6, 6.07) is 8.55. The van der Waals surface area contributed by atoms with Gasteiger partial charge in [0.05, 0.1) is 0 Å². The van der Waals surface area contributed by atoms with Crippen LogP contribution in [0.1, 0.15) is 25.0 Å². The lowest BCUT2D eigenvalue weighted by molar-refractivity contribution is 0.324. The highest BCUT2D eigenvalue weighted by Gasteiger charge is 2.01. The van der Waals surface area contributed by atoms with Crippen molar-refractivity contribution in [2.75, 3.05) is 25.4 Å². The second-order valence-electron chi connectivity index (χ2n) is 4.50. The van der Waals surface area contributed by atoms with Gasteiger partial charge >= 0.3 is 0 Å². The molecule has 0 radical (unpaired) electrons. The molecule has 4 heteroatoms. The Hall–Kier alpha value is -0.580. The van der Waals surface area contributed by atoms with Crippen LogP contribution in [0.5, 0.6) is 0 Å². The molecule has 0 bridgehead atoms. The minimum atomic E-state index is 0.817. The van der Waals surface area contributed by atoms with Gasteiger partial charge in [-0.25, -0.2) is 0 Å². The smallest absolute Gasteiger partial charge is 0.134 e. The van der Waals surface area contributed by atoms with Crippen molar-refractivity contribution in [3.63, 3.8) is 0 Å². The molecule has 106 valence electrons. The van der Waals surface area contributed by atoms with Gasteiger partial charge in [-0.3, -0.25) is 0 Å². The highest BCUT2D eigenvalue weighted by Crippen LogP contribution is 2.06. The molecule has 1 aromatic carbocycles. The molecule has 0 aliphatic heterocycles. The van der Waals surface area contributed by atoms with Gasteiger partial charge < -0.3 is 10.2 Å². The molecule has 1 rings (SSSR count). The fourth-order valence-corrected chi connectivity index (χ4v) is 2.77. The number of nitrogens with zero attached hydrogens (tertiary/aromatic N) is 1. The summed E-state index contributed by atoms with van der Waals surface area (Å²) in [5.74, 6) is 1.06. The van der Waals surface area contributed by atoms with Gasteiger partial charge in [0.1, 0.15) is 4.32 Å². The first kappa shape index (κ1) is 16.5. The van der Waals surface area contributed by atoms with E-state index in [1.54, 1.807) is 11.8 Å². The topological polar surface area (TPSA) is 15.3 Å². The largest absolute Gasteiger partial charge is 0.367 e. The second-order valence-corrected chi connectivity index (χ2v) is 6.27. The summed E-state index contributed by atoms with van der Waals surface area (Å²) in [5, 5.41) is 3.30. The van der Waals surface area contributed by atoms with Crippen molar-refractivity contribution in [2.45, 2.75) is 27.3 Å². The van der Waals surface area contributed by atoms with Crippen LogP contribution in [0.2, 0.25) is 0 Å². The average Bonchev–Trinajstić information content (AvgIpc) is 2.43. The van der Waals surface area contributed by atoms with E-state index in [0.717, 1.165) is 36.3 Å². The third-order valence-electron chi connectivity index (χ3n) is 3.09. The molecule has 0 saturated heterocycles. The second kappa shape index (κ2) is 9.34. The number of thiocarbonyl (C=S) groups is 1. The maximum Gasteiger partial charge on any atom is 0.134 e. The molecule has 0 heterocycles. The highest BCUT2D eigenvalue weighted by molar-refractivity contribution is 8.22. The van der Waals surface area contributed by atoms with Crippen molar-refractivity contribution in [2.24, 2.45) is 0 Å². The van der Waals surface area contributed by atoms with E-state index in [4.69, 9.17) is 12.2 Å². The molecule has 0 aliphatic carbocycles. The van der Waals surface area contributed by atoms with E-state index in [2.05, 4.69) is 55.3 Å². The summed E-state index contributed by atoms with van der Waals surface area (Å²) < 4.78 is 0.896. The van der Waals surface area contributed by atoms with Gasteiger partial charge in [0, 0.05) is 18.8 Å². The minimum Gasteiger partial charge on any atom is -0.367 e. The van der Waals surface area contributed by atoms with E-state index >= 15 is 0 Å². The SMILES string of the molecule is CCN(CC)CCSC(=S)NCc1ccc(C)cc1. The number of thioether (sulfide) groups is 1. The van der Waals surface area contributed by atoms with E-state index in [1.807, 2.05) is 0 Å². The first-order chi connectivity index (χ1) is 9.15. The van der Waals surface area contributed by atoms with Gasteiger partial charge in [-0.05, 0) is 25.6 Å². The van der Waals surface area contributed by atoms with Crippen LogP contribution < -0.4 is 5.32 Å². The van der Waals surface area contributed by atoms with Crippen LogP contribution in [0.25, 0.3) is 0 Å². The predicted molar refractivity (Wildman–Crippen MR) is 90.9 cm³/mol. The molecule has 0 amide bonds. The molecule has 19 heavy (non-hydrogen) atoms. The van der Waals surface area contributed by atoms with Crippen LogP contribution >= 0.6 is 24.0 Å². The lowest BCUT2D eigenvalue weighted by Gasteiger charge is -2.17. The number of benzene rings is 1. The number of nitrogens with one attached hydrogen (secondary N) is 1. The summed E-state index contributed by atoms with van der Waals surface area (Å²) in [4.78, 5) is 2.41. The van der Waals surface area contributed by atoms with Gasteiger partial charge in [0.2, 0.25) is 0 Å². The number of aryl methyl sites for hydroxylation is 1. The normalized spacial score (nSPS) is 10.7. The highest BCUT2D eigenvalue weighted by atomic mass is 32.2. The minimum absolute atomic E-state index is 0.817. The Morgan fingerprint density at radius 1 is 1.21 bits per heavy atom. The third kappa shape index (κ3) is 6.95. The fraction of sp³-hybridized carbons (Fsp3) is 0.533. The van der Waals surface area contributed by atoms with Crippen LogP contribution in [0.3, 0.4) is 0 Å². The predicted octanol–water partition coefficient (Wildman–Crippen LogP) is 3.44. The zero-order valence-corrected chi connectivity index (χ0v) is 13.7. The molecular weight excluding hydrogens is 272 g/mol. The molecule has 0 aliphatic rings. The lowest BCUT2D eigenvalue weighted by Crippen LogP contribution is -2.26. The number of hydrogen-bond acceptors (Lipinski definition) is 3. The standard InChI is InChI=1S/C15H24N2S2/c1-4-17(5-2)10-11-19-15(18)16-12-14-8-6-13(3)7-9-14/h6-9H,4-5,10-12H2,1-3H3,(H,16,18). The van der Waals surface area contributed by atoms with Crippen molar-refractivity contribution < 1.29 is 0 Å². The van der Waals surface area contributed by atoms with Crippen molar-refractivity contribution in [3.8, 4) is 0 Å². The number of rotatable bonds is 7. The molecule has 0 unspecified atom stereocenters. The van der Waals surface area contributed by atoms with Gasteiger partial charge in [-0.15, -0.1) is 0 Å². The Kier molecular flexibility index (Phi) is 8.10. The average molecular weight is 297 g/mol. The molecule has 1 aromatic rings. The van der Waals surface area contributed by atoms with Gasteiger partial charge in [-0.1, -0.05) is 67.7 Å². The fourth-order valence-electron chi connectivity index (χ4n) is 1.74. The summed E-state index contributed by atoms with van der Waals surface area (Å²) in [5.41, 5.74) is 2.57. The quantitative estimate of drug-likeness (QED) is 0.775. The van der Waals surface area contributed by atoms with E-state index < -0.39 is 0 Å². The molecule has 2 nitrogen and oxygen atoms in total. The lowest BCUT2D eigenvalue weighted by atomic mass is 10.1. The Morgan fingerprint density at radius 3 is 2.42 bits per heavy atom. The molecule has 0 fully saturated rings. The van der Waals surface area contributed by atoms with Crippen molar-refractivity contribution in [3.05, 3.63) is 35.4 Å². The van der Waals surface area contributed by atoms with Gasteiger partial charge in [-0.2, -0.15) is 0 Å². The Bertz CT molecular complexity index is 372. The maximum absolute atomic E-state index is 5.34. The van der Waals surface area contributed by atoms with Gasteiger partial charge in [0.25, 0.3) is 0 Å².